The molecule has 0 radical (unpaired) electrons. The third kappa shape index (κ3) is 2.63. The van der Waals surface area contributed by atoms with Gasteiger partial charge in [0.05, 0.1) is 0 Å². The highest BCUT2D eigenvalue weighted by molar-refractivity contribution is 5.61. The van der Waals surface area contributed by atoms with Gasteiger partial charge in [-0.05, 0) is 30.7 Å². The zero-order valence-corrected chi connectivity index (χ0v) is 11.4. The molecule has 1 heterocycles. The maximum absolute atomic E-state index is 13.6. The van der Waals surface area contributed by atoms with E-state index < -0.39 is 0 Å². The summed E-state index contributed by atoms with van der Waals surface area (Å²) in [6, 6.07) is 11.6. The van der Waals surface area contributed by atoms with Gasteiger partial charge in [0.2, 0.25) is 0 Å². The van der Waals surface area contributed by atoms with Crippen LogP contribution in [0.2, 0.25) is 0 Å². The van der Waals surface area contributed by atoms with Crippen LogP contribution in [0.1, 0.15) is 17.0 Å². The molecule has 0 unspecified atom stereocenters. The Kier molecular flexibility index (Phi) is 3.39. The van der Waals surface area contributed by atoms with E-state index in [1.807, 2.05) is 0 Å². The lowest BCUT2D eigenvalue weighted by Gasteiger charge is -2.02. The highest BCUT2D eigenvalue weighted by Crippen LogP contribution is 2.28. The average Bonchev–Trinajstić information content (AvgIpc) is 2.93. The van der Waals surface area contributed by atoms with Gasteiger partial charge >= 0.3 is 0 Å². The summed E-state index contributed by atoms with van der Waals surface area (Å²) in [5.74, 6) is 0.589. The number of nitrogens with zero attached hydrogens (tertiary/aromatic N) is 2. The molecule has 4 nitrogen and oxygen atoms in total. The fraction of sp³-hybridized carbons (Fsp3) is 0.125. The number of halogens is 1. The second-order valence-electron chi connectivity index (χ2n) is 4.73. The van der Waals surface area contributed by atoms with Gasteiger partial charge < -0.3 is 9.63 Å². The van der Waals surface area contributed by atoms with Crippen LogP contribution in [-0.4, -0.2) is 15.2 Å². The Morgan fingerprint density at radius 2 is 1.95 bits per heavy atom. The van der Waals surface area contributed by atoms with Gasteiger partial charge in [-0.15, -0.1) is 0 Å². The summed E-state index contributed by atoms with van der Waals surface area (Å²) in [5.41, 5.74) is 1.85. The van der Waals surface area contributed by atoms with Crippen molar-refractivity contribution in [2.45, 2.75) is 13.3 Å². The van der Waals surface area contributed by atoms with Crippen molar-refractivity contribution in [1.29, 1.82) is 0 Å². The second kappa shape index (κ2) is 5.36. The quantitative estimate of drug-likeness (QED) is 0.800. The van der Waals surface area contributed by atoms with Gasteiger partial charge in [-0.25, -0.2) is 4.39 Å². The molecule has 0 amide bonds. The van der Waals surface area contributed by atoms with Gasteiger partial charge in [0, 0.05) is 17.5 Å². The van der Waals surface area contributed by atoms with E-state index in [1.165, 1.54) is 6.07 Å². The molecular weight excluding hydrogens is 271 g/mol. The molecule has 0 aliphatic heterocycles. The fourth-order valence-corrected chi connectivity index (χ4v) is 2.10. The van der Waals surface area contributed by atoms with Gasteiger partial charge in [-0.2, -0.15) is 4.98 Å². The molecule has 21 heavy (non-hydrogen) atoms. The van der Waals surface area contributed by atoms with Crippen LogP contribution in [0.15, 0.2) is 47.0 Å². The molecule has 0 atom stereocenters. The summed E-state index contributed by atoms with van der Waals surface area (Å²) >= 11 is 0. The van der Waals surface area contributed by atoms with Crippen LogP contribution in [0.5, 0.6) is 5.75 Å². The topological polar surface area (TPSA) is 59.2 Å². The minimum atomic E-state index is -0.294. The van der Waals surface area contributed by atoms with Crippen molar-refractivity contribution in [3.05, 3.63) is 65.2 Å². The van der Waals surface area contributed by atoms with E-state index in [2.05, 4.69) is 10.1 Å². The monoisotopic (exact) mass is 284 g/mol. The first-order valence-corrected chi connectivity index (χ1v) is 6.50. The molecule has 2 aromatic carbocycles. The van der Waals surface area contributed by atoms with Crippen LogP contribution < -0.4 is 0 Å². The highest BCUT2D eigenvalue weighted by Gasteiger charge is 2.14. The number of phenolic OH excluding ortho intramolecular Hbond substituents is 1. The minimum Gasteiger partial charge on any atom is -0.508 e. The van der Waals surface area contributed by atoms with E-state index >= 15 is 0 Å². The van der Waals surface area contributed by atoms with Gasteiger partial charge in [0.1, 0.15) is 11.6 Å². The zero-order valence-electron chi connectivity index (χ0n) is 11.4. The Hall–Kier alpha value is -2.69. The lowest BCUT2D eigenvalue weighted by Crippen LogP contribution is -1.94. The van der Waals surface area contributed by atoms with Gasteiger partial charge in [-0.3, -0.25) is 0 Å². The number of hydrogen-bond acceptors (Lipinski definition) is 4. The van der Waals surface area contributed by atoms with Crippen molar-refractivity contribution in [3.63, 3.8) is 0 Å². The second-order valence-corrected chi connectivity index (χ2v) is 4.73. The Bertz CT molecular complexity index is 783. The number of aromatic nitrogens is 2. The van der Waals surface area contributed by atoms with E-state index in [4.69, 9.17) is 4.52 Å². The Morgan fingerprint density at radius 3 is 2.76 bits per heavy atom. The third-order valence-corrected chi connectivity index (χ3v) is 3.31. The largest absolute Gasteiger partial charge is 0.508 e. The maximum atomic E-state index is 13.6. The van der Waals surface area contributed by atoms with Crippen molar-refractivity contribution in [2.24, 2.45) is 0 Å². The maximum Gasteiger partial charge on any atom is 0.258 e. The van der Waals surface area contributed by atoms with Crippen molar-refractivity contribution in [1.82, 2.24) is 10.1 Å². The predicted molar refractivity (Wildman–Crippen MR) is 75.3 cm³/mol. The lowest BCUT2D eigenvalue weighted by atomic mass is 10.1. The van der Waals surface area contributed by atoms with Gasteiger partial charge in [0.25, 0.3) is 5.89 Å². The van der Waals surface area contributed by atoms with Crippen LogP contribution >= 0.6 is 0 Å². The molecule has 0 bridgehead atoms. The van der Waals surface area contributed by atoms with Crippen molar-refractivity contribution in [3.8, 4) is 17.2 Å². The standard InChI is InChI=1S/C16H13FN2O2/c1-10-12(6-4-8-14(10)20)16-18-15(19-21-16)9-11-5-2-3-7-13(11)17/h2-8,20H,9H2,1H3. The highest BCUT2D eigenvalue weighted by atomic mass is 19.1. The van der Waals surface area contributed by atoms with E-state index in [9.17, 15) is 9.50 Å². The van der Waals surface area contributed by atoms with Crippen LogP contribution in [0.3, 0.4) is 0 Å². The molecule has 0 spiro atoms. The van der Waals surface area contributed by atoms with E-state index in [0.29, 0.717) is 28.4 Å². The summed E-state index contributed by atoms with van der Waals surface area (Å²) in [6.07, 6.45) is 0.258. The molecule has 0 saturated carbocycles. The first-order chi connectivity index (χ1) is 10.1. The third-order valence-electron chi connectivity index (χ3n) is 3.31. The van der Waals surface area contributed by atoms with E-state index in [-0.39, 0.29) is 18.0 Å². The molecule has 3 rings (SSSR count). The minimum absolute atomic E-state index is 0.168. The number of benzene rings is 2. The number of phenols is 1. The number of rotatable bonds is 3. The molecule has 0 saturated heterocycles. The summed E-state index contributed by atoms with van der Waals surface area (Å²) in [7, 11) is 0. The summed E-state index contributed by atoms with van der Waals surface area (Å²) in [4.78, 5) is 4.26. The van der Waals surface area contributed by atoms with E-state index in [0.717, 1.165) is 0 Å². The summed E-state index contributed by atoms with van der Waals surface area (Å²) in [6.45, 7) is 1.77. The number of aromatic hydroxyl groups is 1. The normalized spacial score (nSPS) is 10.8. The van der Waals surface area contributed by atoms with Crippen LogP contribution in [0.25, 0.3) is 11.5 Å². The molecule has 3 aromatic rings. The van der Waals surface area contributed by atoms with Crippen molar-refractivity contribution < 1.29 is 14.0 Å². The Morgan fingerprint density at radius 1 is 1.14 bits per heavy atom. The predicted octanol–water partition coefficient (Wildman–Crippen LogP) is 3.48. The van der Waals surface area contributed by atoms with Crippen LogP contribution in [0.4, 0.5) is 4.39 Å². The molecule has 1 aromatic heterocycles. The van der Waals surface area contributed by atoms with Gasteiger partial charge in [0.15, 0.2) is 5.82 Å². The Labute approximate surface area is 120 Å². The summed E-state index contributed by atoms with van der Waals surface area (Å²) < 4.78 is 18.8. The Balaban J connectivity index is 1.90. The lowest BCUT2D eigenvalue weighted by molar-refractivity contribution is 0.422. The smallest absolute Gasteiger partial charge is 0.258 e. The molecule has 0 aliphatic carbocycles. The molecular formula is C16H13FN2O2. The first kappa shape index (κ1) is 13.3. The molecule has 0 aliphatic rings. The average molecular weight is 284 g/mol. The van der Waals surface area contributed by atoms with E-state index in [1.54, 1.807) is 43.3 Å². The van der Waals surface area contributed by atoms with Crippen LogP contribution in [-0.2, 0) is 6.42 Å². The van der Waals surface area contributed by atoms with Crippen molar-refractivity contribution >= 4 is 0 Å². The van der Waals surface area contributed by atoms with Crippen LogP contribution in [0, 0.1) is 12.7 Å². The molecule has 106 valence electrons. The van der Waals surface area contributed by atoms with Gasteiger partial charge in [-0.1, -0.05) is 29.4 Å². The fourth-order valence-electron chi connectivity index (χ4n) is 2.10. The van der Waals surface area contributed by atoms with Crippen molar-refractivity contribution in [2.75, 3.05) is 0 Å². The number of hydrogen-bond donors (Lipinski definition) is 1. The zero-order chi connectivity index (χ0) is 14.8. The molecule has 5 heteroatoms. The first-order valence-electron chi connectivity index (χ1n) is 6.50. The molecule has 1 N–H and O–H groups in total. The molecule has 0 fully saturated rings. The SMILES string of the molecule is Cc1c(O)cccc1-c1nc(Cc2ccccc2F)no1. The summed E-state index contributed by atoms with van der Waals surface area (Å²) in [5, 5.41) is 13.6.